The van der Waals surface area contributed by atoms with Gasteiger partial charge in [-0.1, -0.05) is 5.82 Å². The molecule has 62 valence electrons. The molecule has 1 fully saturated rings. The van der Waals surface area contributed by atoms with Gasteiger partial charge in [0.05, 0.1) is 0 Å². The van der Waals surface area contributed by atoms with Crippen molar-refractivity contribution in [2.24, 2.45) is 5.92 Å². The van der Waals surface area contributed by atoms with Crippen LogP contribution in [0, 0.1) is 5.92 Å². The van der Waals surface area contributed by atoms with E-state index in [9.17, 15) is 0 Å². The van der Waals surface area contributed by atoms with Crippen LogP contribution in [0.25, 0.3) is 0 Å². The molecule has 0 spiro atoms. The van der Waals surface area contributed by atoms with Crippen molar-refractivity contribution in [2.45, 2.75) is 12.2 Å². The molecular formula is C7H17B2NO. The van der Waals surface area contributed by atoms with Gasteiger partial charge in [-0.15, -0.1) is 0 Å². The SMILES string of the molecule is BC1CCN(B)CC1COC. The quantitative estimate of drug-likeness (QED) is 0.468. The van der Waals surface area contributed by atoms with Gasteiger partial charge in [0.15, 0.2) is 7.98 Å². The first-order chi connectivity index (χ1) is 5.24. The Labute approximate surface area is 71.1 Å². The lowest BCUT2D eigenvalue weighted by atomic mass is 9.71. The van der Waals surface area contributed by atoms with E-state index in [0.29, 0.717) is 0 Å². The summed E-state index contributed by atoms with van der Waals surface area (Å²) < 4.78 is 5.17. The highest BCUT2D eigenvalue weighted by Gasteiger charge is 2.23. The minimum Gasteiger partial charge on any atom is -0.384 e. The molecule has 0 saturated carbocycles. The molecule has 0 aromatic heterocycles. The molecule has 2 nitrogen and oxygen atoms in total. The molecule has 0 aromatic carbocycles. The van der Waals surface area contributed by atoms with Crippen molar-refractivity contribution in [3.05, 3.63) is 0 Å². The van der Waals surface area contributed by atoms with E-state index < -0.39 is 0 Å². The summed E-state index contributed by atoms with van der Waals surface area (Å²) >= 11 is 0. The summed E-state index contributed by atoms with van der Waals surface area (Å²) in [5.74, 6) is 1.59. The molecule has 1 rings (SSSR count). The zero-order valence-corrected chi connectivity index (χ0v) is 7.84. The van der Waals surface area contributed by atoms with E-state index in [1.807, 2.05) is 0 Å². The van der Waals surface area contributed by atoms with Crippen LogP contribution in [0.15, 0.2) is 0 Å². The highest BCUT2D eigenvalue weighted by Crippen LogP contribution is 2.24. The number of piperidine rings is 1. The number of hydrogen-bond acceptors (Lipinski definition) is 2. The first-order valence-electron chi connectivity index (χ1n) is 4.41. The van der Waals surface area contributed by atoms with Gasteiger partial charge < -0.3 is 9.55 Å². The predicted molar refractivity (Wildman–Crippen MR) is 52.4 cm³/mol. The number of nitrogens with zero attached hydrogens (tertiary/aromatic N) is 1. The van der Waals surface area contributed by atoms with Crippen LogP contribution in [0.2, 0.25) is 5.82 Å². The molecule has 2 unspecified atom stereocenters. The lowest BCUT2D eigenvalue weighted by Crippen LogP contribution is -2.38. The molecule has 0 radical (unpaired) electrons. The Balaban J connectivity index is 2.34. The second kappa shape index (κ2) is 4.17. The van der Waals surface area contributed by atoms with Gasteiger partial charge in [-0.25, -0.2) is 0 Å². The molecule has 0 N–H and O–H groups in total. The smallest absolute Gasteiger partial charge is 0.185 e. The lowest BCUT2D eigenvalue weighted by Gasteiger charge is -2.34. The number of rotatable bonds is 2. The van der Waals surface area contributed by atoms with Crippen LogP contribution in [-0.2, 0) is 4.74 Å². The Bertz CT molecular complexity index is 123. The minimum atomic E-state index is 0.749. The van der Waals surface area contributed by atoms with Gasteiger partial charge in [0, 0.05) is 13.7 Å². The summed E-state index contributed by atoms with van der Waals surface area (Å²) in [6, 6.07) is 0. The third-order valence-corrected chi connectivity index (χ3v) is 2.70. The molecular weight excluding hydrogens is 136 g/mol. The predicted octanol–water partition coefficient (Wildman–Crippen LogP) is -1.08. The summed E-state index contributed by atoms with van der Waals surface area (Å²) in [5, 5.41) is 0. The second-order valence-corrected chi connectivity index (χ2v) is 3.74. The normalized spacial score (nSPS) is 33.9. The molecule has 0 amide bonds. The van der Waals surface area contributed by atoms with Gasteiger partial charge in [-0.3, -0.25) is 0 Å². The highest BCUT2D eigenvalue weighted by atomic mass is 16.5. The maximum Gasteiger partial charge on any atom is 0.185 e. The second-order valence-electron chi connectivity index (χ2n) is 3.74. The minimum absolute atomic E-state index is 0.749. The van der Waals surface area contributed by atoms with Crippen LogP contribution >= 0.6 is 0 Å². The van der Waals surface area contributed by atoms with Gasteiger partial charge in [0.2, 0.25) is 0 Å². The van der Waals surface area contributed by atoms with Crippen molar-refractivity contribution in [3.8, 4) is 0 Å². The fraction of sp³-hybridized carbons (Fsp3) is 1.00. The van der Waals surface area contributed by atoms with E-state index in [4.69, 9.17) is 4.74 Å². The van der Waals surface area contributed by atoms with Gasteiger partial charge >= 0.3 is 0 Å². The monoisotopic (exact) mass is 153 g/mol. The van der Waals surface area contributed by atoms with Gasteiger partial charge in [0.25, 0.3) is 0 Å². The first-order valence-corrected chi connectivity index (χ1v) is 4.41. The van der Waals surface area contributed by atoms with E-state index in [1.54, 1.807) is 7.11 Å². The molecule has 1 saturated heterocycles. The van der Waals surface area contributed by atoms with E-state index >= 15 is 0 Å². The van der Waals surface area contributed by atoms with Crippen LogP contribution < -0.4 is 0 Å². The number of ether oxygens (including phenoxy) is 1. The molecule has 0 bridgehead atoms. The van der Waals surface area contributed by atoms with E-state index in [0.717, 1.165) is 18.3 Å². The maximum absolute atomic E-state index is 5.17. The average molecular weight is 153 g/mol. The van der Waals surface area contributed by atoms with Crippen LogP contribution in [0.3, 0.4) is 0 Å². The van der Waals surface area contributed by atoms with Crippen molar-refractivity contribution >= 4 is 15.8 Å². The Hall–Kier alpha value is 0.0499. The topological polar surface area (TPSA) is 12.5 Å². The Morgan fingerprint density at radius 2 is 2.36 bits per heavy atom. The van der Waals surface area contributed by atoms with Crippen LogP contribution in [0.5, 0.6) is 0 Å². The van der Waals surface area contributed by atoms with Crippen LogP contribution in [0.1, 0.15) is 6.42 Å². The van der Waals surface area contributed by atoms with Gasteiger partial charge in [-0.2, -0.15) is 0 Å². The van der Waals surface area contributed by atoms with Crippen molar-refractivity contribution in [2.75, 3.05) is 26.8 Å². The Kier molecular flexibility index (Phi) is 3.46. The molecule has 2 atom stereocenters. The van der Waals surface area contributed by atoms with E-state index in [-0.39, 0.29) is 0 Å². The Morgan fingerprint density at radius 3 is 3.00 bits per heavy atom. The zero-order chi connectivity index (χ0) is 8.27. The average Bonchev–Trinajstić information content (AvgIpc) is 1.98. The van der Waals surface area contributed by atoms with Gasteiger partial charge in [-0.05, 0) is 25.4 Å². The van der Waals surface area contributed by atoms with Crippen molar-refractivity contribution in [3.63, 3.8) is 0 Å². The summed E-state index contributed by atoms with van der Waals surface area (Å²) in [6.07, 6.45) is 1.32. The third kappa shape index (κ3) is 2.53. The maximum atomic E-state index is 5.17. The van der Waals surface area contributed by atoms with Crippen molar-refractivity contribution in [1.29, 1.82) is 0 Å². The Morgan fingerprint density at radius 1 is 1.64 bits per heavy atom. The third-order valence-electron chi connectivity index (χ3n) is 2.70. The van der Waals surface area contributed by atoms with E-state index in [1.165, 1.54) is 19.5 Å². The van der Waals surface area contributed by atoms with Crippen LogP contribution in [0.4, 0.5) is 0 Å². The molecule has 4 heteroatoms. The summed E-state index contributed by atoms with van der Waals surface area (Å²) in [6.45, 7) is 3.38. The first kappa shape index (κ1) is 9.14. The van der Waals surface area contributed by atoms with E-state index in [2.05, 4.69) is 20.6 Å². The lowest BCUT2D eigenvalue weighted by molar-refractivity contribution is 0.120. The molecule has 0 aliphatic carbocycles. The van der Waals surface area contributed by atoms with Gasteiger partial charge in [0.1, 0.15) is 7.85 Å². The fourth-order valence-electron chi connectivity index (χ4n) is 1.76. The van der Waals surface area contributed by atoms with Crippen molar-refractivity contribution < 1.29 is 4.74 Å². The van der Waals surface area contributed by atoms with Crippen LogP contribution in [-0.4, -0.2) is 47.4 Å². The molecule has 1 aliphatic rings. The zero-order valence-electron chi connectivity index (χ0n) is 7.84. The highest BCUT2D eigenvalue weighted by molar-refractivity contribution is 6.12. The number of methoxy groups -OCH3 is 1. The molecule has 11 heavy (non-hydrogen) atoms. The largest absolute Gasteiger partial charge is 0.384 e. The van der Waals surface area contributed by atoms with Crippen molar-refractivity contribution in [1.82, 2.24) is 4.81 Å². The summed E-state index contributed by atoms with van der Waals surface area (Å²) in [7, 11) is 6.31. The molecule has 1 aliphatic heterocycles. The molecule has 1 heterocycles. The number of hydrogen-bond donors (Lipinski definition) is 0. The summed E-state index contributed by atoms with van der Waals surface area (Å²) in [5.41, 5.74) is 0. The standard InChI is InChI=1S/C7H17B2NO/c1-11-5-6-4-10(9)3-2-7(6)8/h6-7H,2-5,8-9H2,1H3. The summed E-state index contributed by atoms with van der Waals surface area (Å²) in [4.78, 5) is 2.39. The molecule has 0 aromatic rings. The fourth-order valence-corrected chi connectivity index (χ4v) is 1.76.